The predicted octanol–water partition coefficient (Wildman–Crippen LogP) is 6.85. The first kappa shape index (κ1) is 19.7. The van der Waals surface area contributed by atoms with Gasteiger partial charge in [0.15, 0.2) is 0 Å². The zero-order valence-electron chi connectivity index (χ0n) is 14.6. The molecule has 0 fully saturated rings. The fourth-order valence-corrected chi connectivity index (χ4v) is 3.20. The van der Waals surface area contributed by atoms with Gasteiger partial charge in [-0.25, -0.2) is 0 Å². The number of anilines is 1. The summed E-state index contributed by atoms with van der Waals surface area (Å²) in [6.45, 7) is 0.967. The topological polar surface area (TPSA) is 30.5 Å². The van der Waals surface area contributed by atoms with Gasteiger partial charge in [-0.2, -0.15) is 0 Å². The highest BCUT2D eigenvalue weighted by Gasteiger charge is 2.07. The van der Waals surface area contributed by atoms with E-state index < -0.39 is 0 Å². The third-order valence-corrected chi connectivity index (χ3v) is 4.86. The molecule has 0 atom stereocenters. The van der Waals surface area contributed by atoms with Crippen LogP contribution in [0.3, 0.4) is 0 Å². The van der Waals surface area contributed by atoms with Crippen LogP contribution < -0.4 is 14.8 Å². The summed E-state index contributed by atoms with van der Waals surface area (Å²) in [6.07, 6.45) is 0. The molecule has 140 valence electrons. The second kappa shape index (κ2) is 9.23. The maximum absolute atomic E-state index is 6.36. The van der Waals surface area contributed by atoms with Crippen molar-refractivity contribution in [3.05, 3.63) is 86.9 Å². The van der Waals surface area contributed by atoms with Gasteiger partial charge in [-0.15, -0.1) is 0 Å². The molecule has 0 spiro atoms. The third-order valence-electron chi connectivity index (χ3n) is 3.98. The maximum Gasteiger partial charge on any atom is 0.138 e. The third kappa shape index (κ3) is 5.46. The van der Waals surface area contributed by atoms with Crippen LogP contribution in [0.4, 0.5) is 5.69 Å². The Morgan fingerprint density at radius 3 is 2.30 bits per heavy atom. The Bertz CT molecular complexity index is 914. The molecule has 0 saturated carbocycles. The van der Waals surface area contributed by atoms with Gasteiger partial charge in [0.2, 0.25) is 0 Å². The molecule has 3 aromatic carbocycles. The largest absolute Gasteiger partial charge is 0.497 e. The van der Waals surface area contributed by atoms with E-state index in [1.165, 1.54) is 0 Å². The van der Waals surface area contributed by atoms with Gasteiger partial charge in [0, 0.05) is 27.8 Å². The molecule has 0 aliphatic carbocycles. The van der Waals surface area contributed by atoms with E-state index in [-0.39, 0.29) is 0 Å². The minimum Gasteiger partial charge on any atom is -0.497 e. The van der Waals surface area contributed by atoms with Gasteiger partial charge >= 0.3 is 0 Å². The van der Waals surface area contributed by atoms with Gasteiger partial charge in [-0.1, -0.05) is 46.9 Å². The highest BCUT2D eigenvalue weighted by atomic mass is 35.5. The Kier molecular flexibility index (Phi) is 6.73. The molecule has 0 aromatic heterocycles. The van der Waals surface area contributed by atoms with Gasteiger partial charge in [-0.3, -0.25) is 0 Å². The van der Waals surface area contributed by atoms with Crippen LogP contribution in [0.2, 0.25) is 15.1 Å². The first-order chi connectivity index (χ1) is 13.0. The number of nitrogens with one attached hydrogen (secondary N) is 1. The number of rotatable bonds is 7. The summed E-state index contributed by atoms with van der Waals surface area (Å²) in [5.41, 5.74) is 2.90. The number of benzene rings is 3. The van der Waals surface area contributed by atoms with Crippen molar-refractivity contribution in [2.24, 2.45) is 0 Å². The number of hydrogen-bond acceptors (Lipinski definition) is 3. The number of methoxy groups -OCH3 is 1. The Morgan fingerprint density at radius 1 is 0.852 bits per heavy atom. The first-order valence-corrected chi connectivity index (χ1v) is 9.41. The van der Waals surface area contributed by atoms with Crippen molar-refractivity contribution >= 4 is 40.5 Å². The second-order valence-electron chi connectivity index (χ2n) is 5.87. The molecule has 0 radical (unpaired) electrons. The van der Waals surface area contributed by atoms with Gasteiger partial charge in [0.05, 0.1) is 12.1 Å². The second-order valence-corrected chi connectivity index (χ2v) is 7.12. The van der Waals surface area contributed by atoms with Crippen molar-refractivity contribution < 1.29 is 9.47 Å². The quantitative estimate of drug-likeness (QED) is 0.452. The molecule has 0 aliphatic rings. The fraction of sp³-hybridized carbons (Fsp3) is 0.143. The average molecular weight is 423 g/mol. The van der Waals surface area contributed by atoms with Crippen molar-refractivity contribution in [2.75, 3.05) is 12.4 Å². The summed E-state index contributed by atoms with van der Waals surface area (Å²) in [4.78, 5) is 0. The Balaban J connectivity index is 1.59. The fourth-order valence-electron chi connectivity index (χ4n) is 2.48. The first-order valence-electron chi connectivity index (χ1n) is 8.28. The molecular formula is C21H18Cl3NO2. The summed E-state index contributed by atoms with van der Waals surface area (Å²) < 4.78 is 10.9. The van der Waals surface area contributed by atoms with E-state index in [4.69, 9.17) is 44.3 Å². The van der Waals surface area contributed by atoms with Crippen LogP contribution in [0.5, 0.6) is 11.5 Å². The smallest absolute Gasteiger partial charge is 0.138 e. The van der Waals surface area contributed by atoms with E-state index in [2.05, 4.69) is 5.32 Å². The number of halogens is 3. The van der Waals surface area contributed by atoms with E-state index in [0.717, 1.165) is 22.6 Å². The van der Waals surface area contributed by atoms with Gasteiger partial charge in [0.1, 0.15) is 18.1 Å². The Morgan fingerprint density at radius 2 is 1.63 bits per heavy atom. The molecule has 3 nitrogen and oxygen atoms in total. The Labute approximate surface area is 173 Å². The summed E-state index contributed by atoms with van der Waals surface area (Å²) in [6, 6.07) is 18.8. The van der Waals surface area contributed by atoms with Crippen molar-refractivity contribution in [3.63, 3.8) is 0 Å². The number of hydrogen-bond donors (Lipinski definition) is 1. The monoisotopic (exact) mass is 421 g/mol. The molecule has 0 amide bonds. The molecule has 0 heterocycles. The van der Waals surface area contributed by atoms with Crippen molar-refractivity contribution in [2.45, 2.75) is 13.2 Å². The summed E-state index contributed by atoms with van der Waals surface area (Å²) in [5.74, 6) is 1.43. The molecule has 0 saturated heterocycles. The minimum absolute atomic E-state index is 0.319. The normalized spacial score (nSPS) is 10.5. The molecule has 6 heteroatoms. The van der Waals surface area contributed by atoms with E-state index in [0.29, 0.717) is 34.0 Å². The summed E-state index contributed by atoms with van der Waals surface area (Å²) in [7, 11) is 1.65. The average Bonchev–Trinajstić information content (AvgIpc) is 2.67. The molecule has 27 heavy (non-hydrogen) atoms. The molecule has 3 aromatic rings. The standard InChI is InChI=1S/C21H18Cl3NO2/c1-26-18-7-5-17(6-8-18)25-12-14-2-9-21(20(24)10-14)27-13-15-3-4-16(22)11-19(15)23/h2-11,25H,12-13H2,1H3. The predicted molar refractivity (Wildman–Crippen MR) is 113 cm³/mol. The zero-order valence-corrected chi connectivity index (χ0v) is 16.9. The summed E-state index contributed by atoms with van der Waals surface area (Å²) >= 11 is 18.4. The van der Waals surface area contributed by atoms with E-state index in [1.807, 2.05) is 48.5 Å². The highest BCUT2D eigenvalue weighted by Crippen LogP contribution is 2.28. The van der Waals surface area contributed by atoms with Crippen LogP contribution in [-0.2, 0) is 13.2 Å². The van der Waals surface area contributed by atoms with Gasteiger partial charge in [0.25, 0.3) is 0 Å². The lowest BCUT2D eigenvalue weighted by Gasteiger charge is -2.12. The minimum atomic E-state index is 0.319. The highest BCUT2D eigenvalue weighted by molar-refractivity contribution is 6.35. The number of ether oxygens (including phenoxy) is 2. The van der Waals surface area contributed by atoms with E-state index in [9.17, 15) is 0 Å². The Hall–Kier alpha value is -2.07. The lowest BCUT2D eigenvalue weighted by molar-refractivity contribution is 0.306. The van der Waals surface area contributed by atoms with Crippen molar-refractivity contribution in [1.29, 1.82) is 0 Å². The summed E-state index contributed by atoms with van der Waals surface area (Å²) in [5, 5.41) is 5.06. The van der Waals surface area contributed by atoms with E-state index in [1.54, 1.807) is 19.2 Å². The SMILES string of the molecule is COc1ccc(NCc2ccc(OCc3ccc(Cl)cc3Cl)c(Cl)c2)cc1. The van der Waals surface area contributed by atoms with Crippen molar-refractivity contribution in [3.8, 4) is 11.5 Å². The van der Waals surface area contributed by atoms with Crippen LogP contribution in [0.1, 0.15) is 11.1 Å². The van der Waals surface area contributed by atoms with Crippen LogP contribution >= 0.6 is 34.8 Å². The molecule has 3 rings (SSSR count). The van der Waals surface area contributed by atoms with Gasteiger partial charge < -0.3 is 14.8 Å². The van der Waals surface area contributed by atoms with Crippen molar-refractivity contribution in [1.82, 2.24) is 0 Å². The zero-order chi connectivity index (χ0) is 19.2. The molecule has 0 aliphatic heterocycles. The van der Waals surface area contributed by atoms with E-state index >= 15 is 0 Å². The lowest BCUT2D eigenvalue weighted by atomic mass is 10.2. The molecule has 0 unspecified atom stereocenters. The van der Waals surface area contributed by atoms with Crippen LogP contribution in [0, 0.1) is 0 Å². The van der Waals surface area contributed by atoms with Crippen LogP contribution in [0.25, 0.3) is 0 Å². The molecule has 1 N–H and O–H groups in total. The van der Waals surface area contributed by atoms with Gasteiger partial charge in [-0.05, 0) is 54.1 Å². The molecular weight excluding hydrogens is 405 g/mol. The van der Waals surface area contributed by atoms with Crippen LogP contribution in [-0.4, -0.2) is 7.11 Å². The van der Waals surface area contributed by atoms with Crippen LogP contribution in [0.15, 0.2) is 60.7 Å². The lowest BCUT2D eigenvalue weighted by Crippen LogP contribution is -2.01. The molecule has 0 bridgehead atoms. The maximum atomic E-state index is 6.36.